The lowest BCUT2D eigenvalue weighted by molar-refractivity contribution is 0.373. The third-order valence-electron chi connectivity index (χ3n) is 4.16. The first-order valence-electron chi connectivity index (χ1n) is 7.90. The van der Waals surface area contributed by atoms with Gasteiger partial charge in [0.05, 0.1) is 12.8 Å². The normalized spacial score (nSPS) is 11.0. The summed E-state index contributed by atoms with van der Waals surface area (Å²) >= 11 is 0. The Balaban J connectivity index is 1.73. The third-order valence-corrected chi connectivity index (χ3v) is 4.16. The second kappa shape index (κ2) is 6.78. The number of hydrogen-bond donors (Lipinski definition) is 1. The standard InChI is InChI=1S/C18H21N3O3/c1-12-15(13(2)24-20-12)5-4-9-21-10-8-19-18(21)14-6-7-17(23-3)16(22)11-14/h6-8,10-11,22H,4-5,9H2,1-3H3. The van der Waals surface area contributed by atoms with Gasteiger partial charge in [-0.3, -0.25) is 0 Å². The van der Waals surface area contributed by atoms with Gasteiger partial charge in [-0.15, -0.1) is 0 Å². The van der Waals surface area contributed by atoms with E-state index in [1.54, 1.807) is 18.3 Å². The molecule has 0 spiro atoms. The fourth-order valence-electron chi connectivity index (χ4n) is 2.86. The van der Waals surface area contributed by atoms with Crippen molar-refractivity contribution in [3.63, 3.8) is 0 Å². The molecule has 0 radical (unpaired) electrons. The minimum atomic E-state index is 0.111. The monoisotopic (exact) mass is 327 g/mol. The molecular formula is C18H21N3O3. The van der Waals surface area contributed by atoms with Crippen LogP contribution in [0.4, 0.5) is 0 Å². The van der Waals surface area contributed by atoms with Crippen molar-refractivity contribution >= 4 is 0 Å². The smallest absolute Gasteiger partial charge is 0.160 e. The van der Waals surface area contributed by atoms with Gasteiger partial charge in [0.2, 0.25) is 0 Å². The molecule has 2 aromatic heterocycles. The Morgan fingerprint density at radius 2 is 2.12 bits per heavy atom. The maximum absolute atomic E-state index is 9.96. The molecule has 0 saturated carbocycles. The topological polar surface area (TPSA) is 73.3 Å². The number of imidazole rings is 1. The number of ether oxygens (including phenoxy) is 1. The van der Waals surface area contributed by atoms with Crippen LogP contribution in [0.3, 0.4) is 0 Å². The Morgan fingerprint density at radius 3 is 2.79 bits per heavy atom. The van der Waals surface area contributed by atoms with Gasteiger partial charge in [0.1, 0.15) is 11.6 Å². The molecule has 6 nitrogen and oxygen atoms in total. The van der Waals surface area contributed by atoms with Crippen molar-refractivity contribution in [3.05, 3.63) is 47.6 Å². The summed E-state index contributed by atoms with van der Waals surface area (Å²) in [7, 11) is 1.53. The maximum atomic E-state index is 9.96. The molecule has 0 amide bonds. The fraction of sp³-hybridized carbons (Fsp3) is 0.333. The molecule has 0 atom stereocenters. The summed E-state index contributed by atoms with van der Waals surface area (Å²) < 4.78 is 12.4. The van der Waals surface area contributed by atoms with Gasteiger partial charge in [0.15, 0.2) is 11.5 Å². The Labute approximate surface area is 140 Å². The minimum absolute atomic E-state index is 0.111. The highest BCUT2D eigenvalue weighted by molar-refractivity contribution is 5.61. The van der Waals surface area contributed by atoms with Crippen molar-refractivity contribution in [1.29, 1.82) is 0 Å². The molecular weight excluding hydrogens is 306 g/mol. The van der Waals surface area contributed by atoms with E-state index in [9.17, 15) is 5.11 Å². The van der Waals surface area contributed by atoms with Crippen molar-refractivity contribution in [1.82, 2.24) is 14.7 Å². The second-order valence-corrected chi connectivity index (χ2v) is 5.74. The van der Waals surface area contributed by atoms with Gasteiger partial charge in [-0.25, -0.2) is 4.98 Å². The first kappa shape index (κ1) is 16.1. The predicted molar refractivity (Wildman–Crippen MR) is 90.2 cm³/mol. The summed E-state index contributed by atoms with van der Waals surface area (Å²) in [5, 5.41) is 14.0. The highest BCUT2D eigenvalue weighted by atomic mass is 16.5. The van der Waals surface area contributed by atoms with Crippen LogP contribution in [0.25, 0.3) is 11.4 Å². The molecule has 0 aliphatic rings. The second-order valence-electron chi connectivity index (χ2n) is 5.74. The van der Waals surface area contributed by atoms with Crippen LogP contribution in [0.15, 0.2) is 35.1 Å². The summed E-state index contributed by atoms with van der Waals surface area (Å²) in [6, 6.07) is 5.31. The van der Waals surface area contributed by atoms with Crippen LogP contribution in [0.5, 0.6) is 11.5 Å². The van der Waals surface area contributed by atoms with Crippen molar-refractivity contribution < 1.29 is 14.4 Å². The molecule has 0 fully saturated rings. The number of phenolic OH excluding ortho intramolecular Hbond substituents is 1. The number of hydrogen-bond acceptors (Lipinski definition) is 5. The maximum Gasteiger partial charge on any atom is 0.160 e. The molecule has 3 rings (SSSR count). The number of aromatic nitrogens is 3. The summed E-state index contributed by atoms with van der Waals surface area (Å²) in [6.45, 7) is 4.74. The molecule has 0 aliphatic heterocycles. The van der Waals surface area contributed by atoms with Crippen LogP contribution < -0.4 is 4.74 Å². The molecule has 126 valence electrons. The van der Waals surface area contributed by atoms with E-state index in [4.69, 9.17) is 9.26 Å². The Bertz CT molecular complexity index is 816. The van der Waals surface area contributed by atoms with Crippen LogP contribution in [-0.4, -0.2) is 26.9 Å². The van der Waals surface area contributed by atoms with Gasteiger partial charge >= 0.3 is 0 Å². The fourth-order valence-corrected chi connectivity index (χ4v) is 2.86. The molecule has 0 bridgehead atoms. The average Bonchev–Trinajstić information content (AvgIpc) is 3.16. The summed E-state index contributed by atoms with van der Waals surface area (Å²) in [5.74, 6) is 2.28. The largest absolute Gasteiger partial charge is 0.504 e. The average molecular weight is 327 g/mol. The number of nitrogens with zero attached hydrogens (tertiary/aromatic N) is 3. The molecule has 1 N–H and O–H groups in total. The van der Waals surface area contributed by atoms with Crippen molar-refractivity contribution in [3.8, 4) is 22.9 Å². The lowest BCUT2D eigenvalue weighted by atomic mass is 10.1. The highest BCUT2D eigenvalue weighted by Gasteiger charge is 2.11. The highest BCUT2D eigenvalue weighted by Crippen LogP contribution is 2.30. The predicted octanol–water partition coefficient (Wildman–Crippen LogP) is 3.50. The summed E-state index contributed by atoms with van der Waals surface area (Å²) in [5.41, 5.74) is 2.99. The van der Waals surface area contributed by atoms with Gasteiger partial charge in [0.25, 0.3) is 0 Å². The zero-order chi connectivity index (χ0) is 17.1. The lowest BCUT2D eigenvalue weighted by Gasteiger charge is -2.09. The van der Waals surface area contributed by atoms with E-state index in [2.05, 4.69) is 14.7 Å². The van der Waals surface area contributed by atoms with Crippen molar-refractivity contribution in [2.45, 2.75) is 33.2 Å². The lowest BCUT2D eigenvalue weighted by Crippen LogP contribution is -2.02. The van der Waals surface area contributed by atoms with Gasteiger partial charge in [-0.2, -0.15) is 0 Å². The zero-order valence-electron chi connectivity index (χ0n) is 14.1. The van der Waals surface area contributed by atoms with Crippen molar-refractivity contribution in [2.75, 3.05) is 7.11 Å². The number of aryl methyl sites for hydroxylation is 3. The van der Waals surface area contributed by atoms with E-state index in [1.807, 2.05) is 26.1 Å². The molecule has 2 heterocycles. The van der Waals surface area contributed by atoms with Crippen LogP contribution in [0, 0.1) is 13.8 Å². The SMILES string of the molecule is COc1ccc(-c2nccn2CCCc2c(C)noc2C)cc1O. The molecule has 1 aromatic carbocycles. The van der Waals surface area contributed by atoms with Gasteiger partial charge in [-0.05, 0) is 44.9 Å². The molecule has 0 unspecified atom stereocenters. The molecule has 0 aliphatic carbocycles. The number of rotatable bonds is 6. The molecule has 0 saturated heterocycles. The zero-order valence-corrected chi connectivity index (χ0v) is 14.1. The number of phenols is 1. The van der Waals surface area contributed by atoms with Crippen LogP contribution >= 0.6 is 0 Å². The van der Waals surface area contributed by atoms with E-state index in [0.717, 1.165) is 42.2 Å². The number of methoxy groups -OCH3 is 1. The van der Waals surface area contributed by atoms with E-state index in [1.165, 1.54) is 12.7 Å². The van der Waals surface area contributed by atoms with E-state index in [-0.39, 0.29) is 5.75 Å². The Kier molecular flexibility index (Phi) is 4.55. The van der Waals surface area contributed by atoms with E-state index < -0.39 is 0 Å². The van der Waals surface area contributed by atoms with Gasteiger partial charge < -0.3 is 18.9 Å². The molecule has 3 aromatic rings. The summed E-state index contributed by atoms with van der Waals surface area (Å²) in [6.07, 6.45) is 5.58. The molecule has 6 heteroatoms. The van der Waals surface area contributed by atoms with Crippen LogP contribution in [0.2, 0.25) is 0 Å². The quantitative estimate of drug-likeness (QED) is 0.750. The number of aromatic hydroxyl groups is 1. The van der Waals surface area contributed by atoms with Crippen molar-refractivity contribution in [2.24, 2.45) is 0 Å². The van der Waals surface area contributed by atoms with Gasteiger partial charge in [0, 0.05) is 30.1 Å². The third kappa shape index (κ3) is 3.13. The Hall–Kier alpha value is -2.76. The van der Waals surface area contributed by atoms with Gasteiger partial charge in [-0.1, -0.05) is 5.16 Å². The van der Waals surface area contributed by atoms with E-state index >= 15 is 0 Å². The minimum Gasteiger partial charge on any atom is -0.504 e. The van der Waals surface area contributed by atoms with Crippen LogP contribution in [-0.2, 0) is 13.0 Å². The Morgan fingerprint density at radius 1 is 1.29 bits per heavy atom. The number of benzene rings is 1. The first-order valence-corrected chi connectivity index (χ1v) is 7.90. The first-order chi connectivity index (χ1) is 11.6. The molecule has 24 heavy (non-hydrogen) atoms. The van der Waals surface area contributed by atoms with Crippen LogP contribution in [0.1, 0.15) is 23.4 Å². The summed E-state index contributed by atoms with van der Waals surface area (Å²) in [4.78, 5) is 4.41. The van der Waals surface area contributed by atoms with E-state index in [0.29, 0.717) is 5.75 Å².